The zero-order chi connectivity index (χ0) is 9.98. The highest BCUT2D eigenvalue weighted by molar-refractivity contribution is 5.75. The van der Waals surface area contributed by atoms with Gasteiger partial charge in [0.2, 0.25) is 5.96 Å². The number of aliphatic carboxylic acids is 1. The van der Waals surface area contributed by atoms with Crippen molar-refractivity contribution < 1.29 is 9.90 Å². The molecule has 72 valence electrons. The van der Waals surface area contributed by atoms with Gasteiger partial charge in [-0.3, -0.25) is 4.79 Å². The van der Waals surface area contributed by atoms with Gasteiger partial charge in [0.1, 0.15) is 0 Å². The summed E-state index contributed by atoms with van der Waals surface area (Å²) in [5, 5.41) is 10.9. The molecule has 0 saturated heterocycles. The van der Waals surface area contributed by atoms with Gasteiger partial charge in [-0.05, 0) is 6.42 Å². The number of nitrogens with two attached hydrogens (primary N) is 3. The average Bonchev–Trinajstić information content (AvgIpc) is 2.02. The van der Waals surface area contributed by atoms with E-state index in [4.69, 9.17) is 16.6 Å². The second-order valence-electron chi connectivity index (χ2n) is 2.05. The first kappa shape index (κ1) is 13.2. The summed E-state index contributed by atoms with van der Waals surface area (Å²) < 4.78 is 0. The van der Waals surface area contributed by atoms with Gasteiger partial charge >= 0.3 is 5.97 Å². The summed E-state index contributed by atoms with van der Waals surface area (Å²) in [4.78, 5) is 9.76. The Balaban J connectivity index is 0. The molecule has 0 heterocycles. The van der Waals surface area contributed by atoms with Crippen LogP contribution in [0.2, 0.25) is 0 Å². The summed E-state index contributed by atoms with van der Waals surface area (Å²) >= 11 is 0. The molecule has 0 aliphatic carbocycles. The number of guanidine groups is 1. The van der Waals surface area contributed by atoms with Crippen molar-refractivity contribution in [2.24, 2.45) is 22.4 Å². The molecule has 0 bridgehead atoms. The summed E-state index contributed by atoms with van der Waals surface area (Å²) in [5.41, 5.74) is 9.39. The molecule has 0 aromatic rings. The largest absolute Gasteiger partial charge is 0.481 e. The fourth-order valence-corrected chi connectivity index (χ4v) is 0.328. The van der Waals surface area contributed by atoms with E-state index in [0.717, 1.165) is 12.8 Å². The quantitative estimate of drug-likeness (QED) is 0.197. The fourth-order valence-electron chi connectivity index (χ4n) is 0.328. The highest BCUT2D eigenvalue weighted by Gasteiger charge is 1.90. The topological polar surface area (TPSA) is 128 Å². The maximum Gasteiger partial charge on any atom is 0.303 e. The second kappa shape index (κ2) is 9.54. The van der Waals surface area contributed by atoms with Gasteiger partial charge in [-0.1, -0.05) is 13.3 Å². The first-order valence-corrected chi connectivity index (χ1v) is 3.55. The van der Waals surface area contributed by atoms with Gasteiger partial charge in [-0.15, -0.1) is 5.10 Å². The highest BCUT2D eigenvalue weighted by Crippen LogP contribution is 1.91. The number of rotatable bonds is 3. The van der Waals surface area contributed by atoms with Crippen LogP contribution in [-0.4, -0.2) is 17.0 Å². The Morgan fingerprint density at radius 1 is 1.50 bits per heavy atom. The van der Waals surface area contributed by atoms with Gasteiger partial charge in [-0.2, -0.15) is 0 Å². The van der Waals surface area contributed by atoms with Crippen molar-refractivity contribution in [3.05, 3.63) is 0 Å². The Morgan fingerprint density at radius 2 is 1.92 bits per heavy atom. The first-order valence-electron chi connectivity index (χ1n) is 3.55. The van der Waals surface area contributed by atoms with Gasteiger partial charge in [0.05, 0.1) is 0 Å². The van der Waals surface area contributed by atoms with Crippen molar-refractivity contribution in [1.29, 1.82) is 0 Å². The van der Waals surface area contributed by atoms with Gasteiger partial charge in [0.25, 0.3) is 0 Å². The van der Waals surface area contributed by atoms with Crippen LogP contribution in [0.15, 0.2) is 5.10 Å². The summed E-state index contributed by atoms with van der Waals surface area (Å²) in [6, 6.07) is 0. The third kappa shape index (κ3) is 23.6. The Labute approximate surface area is 71.4 Å². The predicted molar refractivity (Wildman–Crippen MR) is 47.2 cm³/mol. The summed E-state index contributed by atoms with van der Waals surface area (Å²) in [6.45, 7) is 1.98. The lowest BCUT2D eigenvalue weighted by Crippen LogP contribution is -2.23. The minimum atomic E-state index is -0.693. The van der Waals surface area contributed by atoms with E-state index in [2.05, 4.69) is 10.9 Å². The molecule has 0 radical (unpaired) electrons. The summed E-state index contributed by atoms with van der Waals surface area (Å²) in [6.07, 6.45) is 2.08. The number of hydrazone groups is 1. The highest BCUT2D eigenvalue weighted by atomic mass is 16.4. The summed E-state index contributed by atoms with van der Waals surface area (Å²) in [5.74, 6) is 3.72. The van der Waals surface area contributed by atoms with E-state index >= 15 is 0 Å². The van der Waals surface area contributed by atoms with Crippen LogP contribution in [0.25, 0.3) is 0 Å². The van der Waals surface area contributed by atoms with Crippen LogP contribution >= 0.6 is 0 Å². The van der Waals surface area contributed by atoms with E-state index in [1.54, 1.807) is 0 Å². The molecule has 0 aliphatic rings. The minimum absolute atomic E-state index is 0.0926. The standard InChI is InChI=1S/C5H10O2.CH6N4/c1-2-3-4-5(6)7;2-1(3)5-4/h2-4H2,1H3,(H,6,7);4H2,(H4,2,3,5). The van der Waals surface area contributed by atoms with E-state index in [-0.39, 0.29) is 5.96 Å². The molecule has 0 aromatic carbocycles. The van der Waals surface area contributed by atoms with Crippen LogP contribution in [0.3, 0.4) is 0 Å². The predicted octanol–water partition coefficient (Wildman–Crippen LogP) is -0.605. The van der Waals surface area contributed by atoms with Crippen molar-refractivity contribution in [2.45, 2.75) is 26.2 Å². The number of hydrogen-bond donors (Lipinski definition) is 4. The third-order valence-electron chi connectivity index (χ3n) is 0.893. The molecule has 6 nitrogen and oxygen atoms in total. The smallest absolute Gasteiger partial charge is 0.303 e. The molecule has 0 atom stereocenters. The molecular formula is C6H16N4O2. The number of unbranched alkanes of at least 4 members (excludes halogenated alkanes) is 1. The van der Waals surface area contributed by atoms with Crippen molar-refractivity contribution in [1.82, 2.24) is 0 Å². The SMILES string of the molecule is CCCCC(=O)O.NN=C(N)N. The second-order valence-corrected chi connectivity index (χ2v) is 2.05. The number of carboxylic acids is 1. The lowest BCUT2D eigenvalue weighted by atomic mass is 10.3. The summed E-state index contributed by atoms with van der Waals surface area (Å²) in [7, 11) is 0. The molecule has 0 spiro atoms. The molecule has 0 rings (SSSR count). The molecule has 0 aliphatic heterocycles. The normalized spacial score (nSPS) is 7.75. The maximum atomic E-state index is 9.76. The van der Waals surface area contributed by atoms with Crippen LogP contribution < -0.4 is 17.3 Å². The molecule has 0 unspecified atom stereocenters. The molecule has 0 aromatic heterocycles. The number of hydrogen-bond acceptors (Lipinski definition) is 3. The molecule has 12 heavy (non-hydrogen) atoms. The van der Waals surface area contributed by atoms with Gasteiger partial charge in [-0.25, -0.2) is 0 Å². The van der Waals surface area contributed by atoms with Gasteiger partial charge in [0.15, 0.2) is 0 Å². The van der Waals surface area contributed by atoms with Crippen LogP contribution in [0.4, 0.5) is 0 Å². The maximum absolute atomic E-state index is 9.76. The van der Waals surface area contributed by atoms with E-state index < -0.39 is 5.97 Å². The van der Waals surface area contributed by atoms with Crippen molar-refractivity contribution in [3.63, 3.8) is 0 Å². The molecule has 0 fully saturated rings. The number of nitrogens with zero attached hydrogens (tertiary/aromatic N) is 1. The zero-order valence-corrected chi connectivity index (χ0v) is 7.16. The van der Waals surface area contributed by atoms with Crippen LogP contribution in [0.5, 0.6) is 0 Å². The van der Waals surface area contributed by atoms with Crippen molar-refractivity contribution >= 4 is 11.9 Å². The van der Waals surface area contributed by atoms with E-state index in [9.17, 15) is 4.79 Å². The van der Waals surface area contributed by atoms with E-state index in [0.29, 0.717) is 6.42 Å². The molecular weight excluding hydrogens is 160 g/mol. The van der Waals surface area contributed by atoms with Gasteiger partial charge in [0, 0.05) is 6.42 Å². The van der Waals surface area contributed by atoms with Gasteiger partial charge < -0.3 is 22.4 Å². The zero-order valence-electron chi connectivity index (χ0n) is 7.16. The molecule has 6 heteroatoms. The van der Waals surface area contributed by atoms with E-state index in [1.807, 2.05) is 6.92 Å². The van der Waals surface area contributed by atoms with Crippen molar-refractivity contribution in [3.8, 4) is 0 Å². The van der Waals surface area contributed by atoms with Crippen LogP contribution in [0, 0.1) is 0 Å². The van der Waals surface area contributed by atoms with E-state index in [1.165, 1.54) is 0 Å². The van der Waals surface area contributed by atoms with Crippen molar-refractivity contribution in [2.75, 3.05) is 0 Å². The average molecular weight is 176 g/mol. The molecule has 7 N–H and O–H groups in total. The third-order valence-corrected chi connectivity index (χ3v) is 0.893. The fraction of sp³-hybridized carbons (Fsp3) is 0.667. The number of carboxylic acid groups (broad SMARTS) is 1. The minimum Gasteiger partial charge on any atom is -0.481 e. The lowest BCUT2D eigenvalue weighted by Gasteiger charge is -1.85. The van der Waals surface area contributed by atoms with Crippen LogP contribution in [-0.2, 0) is 4.79 Å². The Bertz CT molecular complexity index is 142. The lowest BCUT2D eigenvalue weighted by molar-refractivity contribution is -0.137. The first-order chi connectivity index (χ1) is 5.54. The molecule has 0 saturated carbocycles. The Kier molecular flexibility index (Phi) is 10.5. The Morgan fingerprint density at radius 3 is 2.00 bits per heavy atom. The molecule has 0 amide bonds. The Hall–Kier alpha value is -1.46. The number of carbonyl (C=O) groups is 1. The van der Waals surface area contributed by atoms with Crippen LogP contribution in [0.1, 0.15) is 26.2 Å². The monoisotopic (exact) mass is 176 g/mol.